The fraction of sp³-hybridized carbons (Fsp3) is 0.118. The number of hydrazine groups is 1. The van der Waals surface area contributed by atoms with E-state index in [-0.39, 0.29) is 5.91 Å². The molecule has 7 heteroatoms. The maximum atomic E-state index is 12.3. The number of H-pyrrole nitrogens is 1. The minimum atomic E-state index is -0.176. The summed E-state index contributed by atoms with van der Waals surface area (Å²) in [5.74, 6) is 5.25. The Morgan fingerprint density at radius 1 is 1.17 bits per heavy atom. The van der Waals surface area contributed by atoms with Crippen molar-refractivity contribution < 1.29 is 4.79 Å². The van der Waals surface area contributed by atoms with Gasteiger partial charge in [-0.15, -0.1) is 0 Å². The van der Waals surface area contributed by atoms with Gasteiger partial charge in [-0.05, 0) is 36.2 Å². The molecule has 124 valence electrons. The molecule has 1 amide bonds. The van der Waals surface area contributed by atoms with Crippen LogP contribution in [-0.4, -0.2) is 17.4 Å². The van der Waals surface area contributed by atoms with E-state index >= 15 is 0 Å². The van der Waals surface area contributed by atoms with Gasteiger partial charge in [0.15, 0.2) is 0 Å². The van der Waals surface area contributed by atoms with Crippen LogP contribution in [-0.2, 0) is 6.42 Å². The third-order valence-corrected chi connectivity index (χ3v) is 4.54. The van der Waals surface area contributed by atoms with E-state index in [1.54, 1.807) is 24.3 Å². The summed E-state index contributed by atoms with van der Waals surface area (Å²) in [6, 6.07) is 10.7. The molecule has 0 radical (unpaired) electrons. The van der Waals surface area contributed by atoms with Crippen LogP contribution in [0.25, 0.3) is 10.9 Å². The molecule has 24 heavy (non-hydrogen) atoms. The van der Waals surface area contributed by atoms with Crippen molar-refractivity contribution in [2.75, 3.05) is 12.0 Å². The number of benzene rings is 2. The van der Waals surface area contributed by atoms with Gasteiger partial charge in [0.25, 0.3) is 5.91 Å². The molecule has 3 rings (SSSR count). The lowest BCUT2D eigenvalue weighted by Gasteiger charge is -2.09. The predicted octanol–water partition coefficient (Wildman–Crippen LogP) is 3.73. The summed E-state index contributed by atoms with van der Waals surface area (Å²) in [6.07, 6.45) is 2.57. The largest absolute Gasteiger partial charge is 0.361 e. The summed E-state index contributed by atoms with van der Waals surface area (Å²) in [5.41, 5.74) is 5.60. The molecule has 0 fully saturated rings. The second-order valence-corrected chi connectivity index (χ2v) is 6.14. The number of nitrogens with two attached hydrogens (primary N) is 1. The first-order valence-corrected chi connectivity index (χ1v) is 8.14. The molecule has 3 aromatic rings. The van der Waals surface area contributed by atoms with Crippen molar-refractivity contribution in [1.29, 1.82) is 0 Å². The summed E-state index contributed by atoms with van der Waals surface area (Å²) in [6.45, 7) is 0.491. The van der Waals surface area contributed by atoms with Crippen molar-refractivity contribution in [2.24, 2.45) is 5.84 Å². The van der Waals surface area contributed by atoms with Gasteiger partial charge in [-0.3, -0.25) is 10.6 Å². The Bertz CT molecular complexity index is 891. The molecule has 0 spiro atoms. The minimum absolute atomic E-state index is 0.176. The fourth-order valence-electron chi connectivity index (χ4n) is 2.59. The van der Waals surface area contributed by atoms with E-state index in [2.05, 4.69) is 15.7 Å². The SMILES string of the molecule is NNc1ccccc1C(=O)NCCc1c[nH]c2cc(Cl)c(Cl)cc12. The molecule has 0 aliphatic carbocycles. The second kappa shape index (κ2) is 7.13. The van der Waals surface area contributed by atoms with Gasteiger partial charge in [-0.2, -0.15) is 0 Å². The lowest BCUT2D eigenvalue weighted by Crippen LogP contribution is -2.27. The highest BCUT2D eigenvalue weighted by molar-refractivity contribution is 6.42. The summed E-state index contributed by atoms with van der Waals surface area (Å²) >= 11 is 12.1. The number of amides is 1. The summed E-state index contributed by atoms with van der Waals surface area (Å²) in [5, 5.41) is 4.92. The number of hydrogen-bond acceptors (Lipinski definition) is 3. The smallest absolute Gasteiger partial charge is 0.253 e. The van der Waals surface area contributed by atoms with Crippen LogP contribution in [0.1, 0.15) is 15.9 Å². The minimum Gasteiger partial charge on any atom is -0.361 e. The van der Waals surface area contributed by atoms with Crippen LogP contribution in [0.5, 0.6) is 0 Å². The van der Waals surface area contributed by atoms with Crippen molar-refractivity contribution in [3.63, 3.8) is 0 Å². The average molecular weight is 363 g/mol. The predicted molar refractivity (Wildman–Crippen MR) is 98.6 cm³/mol. The Hall–Kier alpha value is -2.21. The number of nitrogen functional groups attached to an aromatic ring is 1. The molecule has 5 N–H and O–H groups in total. The lowest BCUT2D eigenvalue weighted by molar-refractivity contribution is 0.0955. The van der Waals surface area contributed by atoms with Crippen molar-refractivity contribution in [3.8, 4) is 0 Å². The van der Waals surface area contributed by atoms with E-state index in [4.69, 9.17) is 29.0 Å². The van der Waals surface area contributed by atoms with E-state index in [0.29, 0.717) is 34.3 Å². The standard InChI is InChI=1S/C17H16Cl2N4O/c18-13-7-12-10(9-22-16(12)8-14(13)19)5-6-21-17(24)11-3-1-2-4-15(11)23-20/h1-4,7-9,22-23H,5-6,20H2,(H,21,24). The maximum Gasteiger partial charge on any atom is 0.253 e. The van der Waals surface area contributed by atoms with E-state index in [1.807, 2.05) is 18.3 Å². The Balaban J connectivity index is 1.68. The highest BCUT2D eigenvalue weighted by atomic mass is 35.5. The zero-order valence-corrected chi connectivity index (χ0v) is 14.2. The van der Waals surface area contributed by atoms with Crippen LogP contribution < -0.4 is 16.6 Å². The normalized spacial score (nSPS) is 10.8. The molecule has 1 aromatic heterocycles. The number of halogens is 2. The molecule has 0 aliphatic rings. The summed E-state index contributed by atoms with van der Waals surface area (Å²) in [7, 11) is 0. The number of aromatic nitrogens is 1. The number of nitrogens with one attached hydrogen (secondary N) is 3. The average Bonchev–Trinajstić information content (AvgIpc) is 2.97. The number of fused-ring (bicyclic) bond motifs is 1. The van der Waals surface area contributed by atoms with Gasteiger partial charge in [-0.1, -0.05) is 35.3 Å². The quantitative estimate of drug-likeness (QED) is 0.412. The van der Waals surface area contributed by atoms with Gasteiger partial charge in [-0.25, -0.2) is 0 Å². The molecule has 2 aromatic carbocycles. The van der Waals surface area contributed by atoms with Crippen molar-refractivity contribution in [3.05, 3.63) is 63.8 Å². The van der Waals surface area contributed by atoms with Gasteiger partial charge in [0.05, 0.1) is 21.3 Å². The molecule has 0 unspecified atom stereocenters. The molecule has 1 heterocycles. The van der Waals surface area contributed by atoms with E-state index in [0.717, 1.165) is 16.5 Å². The molecule has 0 atom stereocenters. The lowest BCUT2D eigenvalue weighted by atomic mass is 10.1. The number of para-hydroxylation sites is 1. The van der Waals surface area contributed by atoms with E-state index in [9.17, 15) is 4.79 Å². The molecule has 0 aliphatic heterocycles. The monoisotopic (exact) mass is 362 g/mol. The second-order valence-electron chi connectivity index (χ2n) is 5.32. The fourth-order valence-corrected chi connectivity index (χ4v) is 2.92. The molecule has 5 nitrogen and oxygen atoms in total. The number of anilines is 1. The van der Waals surface area contributed by atoms with Crippen LogP contribution in [0, 0.1) is 0 Å². The number of carbonyl (C=O) groups excluding carboxylic acids is 1. The third kappa shape index (κ3) is 3.33. The van der Waals surface area contributed by atoms with Crippen LogP contribution in [0.15, 0.2) is 42.6 Å². The van der Waals surface area contributed by atoms with Crippen LogP contribution >= 0.6 is 23.2 Å². The first-order chi connectivity index (χ1) is 11.6. The Kier molecular flexibility index (Phi) is 4.94. The zero-order chi connectivity index (χ0) is 17.1. The number of aromatic amines is 1. The molecule has 0 saturated heterocycles. The van der Waals surface area contributed by atoms with Crippen molar-refractivity contribution >= 4 is 45.7 Å². The Morgan fingerprint density at radius 2 is 1.92 bits per heavy atom. The van der Waals surface area contributed by atoms with Gasteiger partial charge in [0, 0.05) is 23.6 Å². The van der Waals surface area contributed by atoms with Gasteiger partial charge < -0.3 is 15.7 Å². The molecule has 0 saturated carbocycles. The third-order valence-electron chi connectivity index (χ3n) is 3.82. The van der Waals surface area contributed by atoms with E-state index in [1.165, 1.54) is 0 Å². The Labute approximate surface area is 149 Å². The highest BCUT2D eigenvalue weighted by Crippen LogP contribution is 2.29. The first kappa shape index (κ1) is 16.6. The van der Waals surface area contributed by atoms with Crippen molar-refractivity contribution in [2.45, 2.75) is 6.42 Å². The zero-order valence-electron chi connectivity index (χ0n) is 12.7. The van der Waals surface area contributed by atoms with E-state index < -0.39 is 0 Å². The molecule has 0 bridgehead atoms. The highest BCUT2D eigenvalue weighted by Gasteiger charge is 2.11. The van der Waals surface area contributed by atoms with Crippen LogP contribution in [0.2, 0.25) is 10.0 Å². The van der Waals surface area contributed by atoms with Gasteiger partial charge in [0.1, 0.15) is 0 Å². The van der Waals surface area contributed by atoms with Gasteiger partial charge in [0.2, 0.25) is 0 Å². The number of hydrogen-bond donors (Lipinski definition) is 4. The summed E-state index contributed by atoms with van der Waals surface area (Å²) < 4.78 is 0. The van der Waals surface area contributed by atoms with Gasteiger partial charge >= 0.3 is 0 Å². The number of rotatable bonds is 5. The van der Waals surface area contributed by atoms with Crippen LogP contribution in [0.4, 0.5) is 5.69 Å². The first-order valence-electron chi connectivity index (χ1n) is 7.39. The number of carbonyl (C=O) groups is 1. The Morgan fingerprint density at radius 3 is 2.71 bits per heavy atom. The maximum absolute atomic E-state index is 12.3. The summed E-state index contributed by atoms with van der Waals surface area (Å²) in [4.78, 5) is 15.4. The topological polar surface area (TPSA) is 82.9 Å². The van der Waals surface area contributed by atoms with Crippen LogP contribution in [0.3, 0.4) is 0 Å². The molecular weight excluding hydrogens is 347 g/mol. The molecular formula is C17H16Cl2N4O. The van der Waals surface area contributed by atoms with Crippen molar-refractivity contribution in [1.82, 2.24) is 10.3 Å².